The fourth-order valence-corrected chi connectivity index (χ4v) is 2.95. The smallest absolute Gasteiger partial charge is 0.338 e. The third kappa shape index (κ3) is 4.24. The largest absolute Gasteiger partial charge is 0.465 e. The second-order valence-electron chi connectivity index (χ2n) is 4.53. The first kappa shape index (κ1) is 17.8. The number of carbonyl (C=O) groups is 1. The molecule has 7 nitrogen and oxygen atoms in total. The van der Waals surface area contributed by atoms with E-state index >= 15 is 0 Å². The van der Waals surface area contributed by atoms with E-state index in [4.69, 9.17) is 4.74 Å². The van der Waals surface area contributed by atoms with Crippen LogP contribution < -0.4 is 0 Å². The third-order valence-electron chi connectivity index (χ3n) is 2.81. The maximum absolute atomic E-state index is 11.9. The Kier molecular flexibility index (Phi) is 5.43. The predicted molar refractivity (Wildman–Crippen MR) is 90.4 cm³/mol. The number of methoxy groups -OCH3 is 1. The molecule has 0 atom stereocenters. The zero-order chi connectivity index (χ0) is 17.7. The van der Waals surface area contributed by atoms with E-state index in [1.807, 2.05) is 0 Å². The lowest BCUT2D eigenvalue weighted by Gasteiger charge is -2.08. The molecule has 0 fully saturated rings. The van der Waals surface area contributed by atoms with Gasteiger partial charge in [-0.25, -0.2) is 4.79 Å². The van der Waals surface area contributed by atoms with Crippen molar-refractivity contribution in [2.24, 2.45) is 5.16 Å². The van der Waals surface area contributed by atoms with E-state index in [0.29, 0.717) is 10.5 Å². The summed E-state index contributed by atoms with van der Waals surface area (Å²) in [6.45, 7) is 0. The molecule has 9 heteroatoms. The summed E-state index contributed by atoms with van der Waals surface area (Å²) >= 11 is 1.06. The molecule has 0 saturated carbocycles. The van der Waals surface area contributed by atoms with Gasteiger partial charge in [0, 0.05) is 10.5 Å². The van der Waals surface area contributed by atoms with Crippen LogP contribution in [-0.2, 0) is 19.1 Å². The monoisotopic (exact) mass is 364 g/mol. The number of thioether (sulfide) groups is 1. The summed E-state index contributed by atoms with van der Waals surface area (Å²) in [4.78, 5) is 12.4. The number of ether oxygens (including phenoxy) is 1. The normalized spacial score (nSPS) is 17.5. The van der Waals surface area contributed by atoms with E-state index < -0.39 is 16.1 Å². The van der Waals surface area contributed by atoms with Gasteiger partial charge in [0.1, 0.15) is 11.1 Å². The van der Waals surface area contributed by atoms with Crippen LogP contribution in [0.5, 0.6) is 0 Å². The fourth-order valence-electron chi connectivity index (χ4n) is 1.85. The minimum atomic E-state index is -3.71. The summed E-state index contributed by atoms with van der Waals surface area (Å²) in [5.74, 6) is -0.555. The number of esters is 1. The molecule has 1 aliphatic heterocycles. The van der Waals surface area contributed by atoms with Crippen molar-refractivity contribution in [2.45, 2.75) is 0 Å². The molecule has 0 aromatic heterocycles. The molecule has 2 rings (SSSR count). The van der Waals surface area contributed by atoms with Crippen LogP contribution in [0.25, 0.3) is 5.57 Å². The van der Waals surface area contributed by atoms with Gasteiger partial charge in [-0.1, -0.05) is 35.1 Å². The standard InChI is InChI=1S/C15H12N2O5S2/c1-21-15(18)11-6-4-3-5-10(11)12(9-16)13-7-8-14(23-13)17-22-24(2,19)20/h3-8H,1-2H3/b13-12-,17-14?. The first-order valence-corrected chi connectivity index (χ1v) is 9.13. The van der Waals surface area contributed by atoms with E-state index in [9.17, 15) is 18.5 Å². The van der Waals surface area contributed by atoms with Gasteiger partial charge in [0.15, 0.2) is 0 Å². The predicted octanol–water partition coefficient (Wildman–Crippen LogP) is 2.30. The Balaban J connectivity index is 2.41. The number of allylic oxidation sites excluding steroid dienone is 2. The van der Waals surface area contributed by atoms with Crippen molar-refractivity contribution >= 4 is 38.5 Å². The summed E-state index contributed by atoms with van der Waals surface area (Å²) in [5, 5.41) is 13.3. The van der Waals surface area contributed by atoms with Crippen LogP contribution in [0.15, 0.2) is 46.5 Å². The molecule has 0 unspecified atom stereocenters. The molecule has 1 heterocycles. The molecule has 0 saturated heterocycles. The van der Waals surface area contributed by atoms with Crippen molar-refractivity contribution in [1.29, 1.82) is 5.26 Å². The van der Waals surface area contributed by atoms with Gasteiger partial charge in [-0.15, -0.1) is 0 Å². The lowest BCUT2D eigenvalue weighted by Crippen LogP contribution is -2.05. The third-order valence-corrected chi connectivity index (χ3v) is 4.14. The topological polar surface area (TPSA) is 106 Å². The molecule has 0 radical (unpaired) electrons. The molecular formula is C15H12N2O5S2. The summed E-state index contributed by atoms with van der Waals surface area (Å²) < 4.78 is 31.0. The van der Waals surface area contributed by atoms with Gasteiger partial charge < -0.3 is 4.74 Å². The van der Waals surface area contributed by atoms with Crippen LogP contribution >= 0.6 is 11.8 Å². The van der Waals surface area contributed by atoms with Crippen molar-refractivity contribution in [2.75, 3.05) is 13.4 Å². The molecule has 24 heavy (non-hydrogen) atoms. The molecule has 1 aliphatic rings. The van der Waals surface area contributed by atoms with E-state index in [0.717, 1.165) is 18.0 Å². The van der Waals surface area contributed by atoms with Gasteiger partial charge in [-0.2, -0.15) is 13.7 Å². The molecule has 1 aromatic rings. The molecule has 0 amide bonds. The first-order valence-electron chi connectivity index (χ1n) is 6.50. The van der Waals surface area contributed by atoms with Gasteiger partial charge in [0.25, 0.3) is 0 Å². The molecule has 1 aromatic carbocycles. The van der Waals surface area contributed by atoms with Crippen molar-refractivity contribution in [3.63, 3.8) is 0 Å². The van der Waals surface area contributed by atoms with E-state index in [2.05, 4.69) is 15.5 Å². The second-order valence-corrected chi connectivity index (χ2v) is 7.15. The lowest BCUT2D eigenvalue weighted by atomic mass is 10.00. The Bertz CT molecular complexity index is 908. The number of benzene rings is 1. The van der Waals surface area contributed by atoms with Crippen LogP contribution in [0.2, 0.25) is 0 Å². The van der Waals surface area contributed by atoms with Gasteiger partial charge >= 0.3 is 16.1 Å². The molecule has 124 valence electrons. The minimum absolute atomic E-state index is 0.252. The van der Waals surface area contributed by atoms with E-state index in [1.54, 1.807) is 30.3 Å². The molecule has 0 aliphatic carbocycles. The average molecular weight is 364 g/mol. The summed E-state index contributed by atoms with van der Waals surface area (Å²) in [7, 11) is -2.45. The molecule has 0 bridgehead atoms. The van der Waals surface area contributed by atoms with Gasteiger partial charge in [0.2, 0.25) is 0 Å². The number of oxime groups is 1. The number of rotatable bonds is 4. The highest BCUT2D eigenvalue weighted by Gasteiger charge is 2.20. The van der Waals surface area contributed by atoms with Crippen LogP contribution in [0, 0.1) is 11.3 Å². The lowest BCUT2D eigenvalue weighted by molar-refractivity contribution is 0.0600. The highest BCUT2D eigenvalue weighted by Crippen LogP contribution is 2.35. The minimum Gasteiger partial charge on any atom is -0.465 e. The average Bonchev–Trinajstić information content (AvgIpc) is 3.01. The van der Waals surface area contributed by atoms with Crippen LogP contribution in [0.1, 0.15) is 15.9 Å². The Hall–Kier alpha value is -2.57. The summed E-state index contributed by atoms with van der Waals surface area (Å²) in [6.07, 6.45) is 4.00. The van der Waals surface area contributed by atoms with Crippen molar-refractivity contribution in [3.8, 4) is 6.07 Å². The van der Waals surface area contributed by atoms with Crippen molar-refractivity contribution in [3.05, 3.63) is 52.4 Å². The maximum atomic E-state index is 11.9. The Morgan fingerprint density at radius 2 is 1.92 bits per heavy atom. The Morgan fingerprint density at radius 3 is 2.50 bits per heavy atom. The SMILES string of the molecule is COC(=O)c1ccccc1/C(C#N)=C1/C=CC(=NOS(C)(=O)=O)S1. The van der Waals surface area contributed by atoms with Gasteiger partial charge in [-0.05, 0) is 18.2 Å². The summed E-state index contributed by atoms with van der Waals surface area (Å²) in [5.41, 5.74) is 0.932. The van der Waals surface area contributed by atoms with E-state index in [-0.39, 0.29) is 16.2 Å². The van der Waals surface area contributed by atoms with E-state index in [1.165, 1.54) is 13.2 Å². The number of hydrogen-bond donors (Lipinski definition) is 0. The van der Waals surface area contributed by atoms with Crippen LogP contribution in [0.4, 0.5) is 0 Å². The van der Waals surface area contributed by atoms with Crippen LogP contribution in [-0.4, -0.2) is 32.8 Å². The van der Waals surface area contributed by atoms with Crippen molar-refractivity contribution in [1.82, 2.24) is 0 Å². The number of hydrogen-bond acceptors (Lipinski definition) is 8. The zero-order valence-electron chi connectivity index (χ0n) is 12.7. The maximum Gasteiger partial charge on any atom is 0.338 e. The Labute approximate surface area is 143 Å². The van der Waals surface area contributed by atoms with Gasteiger partial charge in [-0.3, -0.25) is 4.28 Å². The second kappa shape index (κ2) is 7.33. The first-order chi connectivity index (χ1) is 11.4. The molecule has 0 spiro atoms. The van der Waals surface area contributed by atoms with Gasteiger partial charge in [0.05, 0.1) is 24.5 Å². The van der Waals surface area contributed by atoms with Crippen LogP contribution in [0.3, 0.4) is 0 Å². The highest BCUT2D eigenvalue weighted by atomic mass is 32.2. The van der Waals surface area contributed by atoms with Crippen molar-refractivity contribution < 1.29 is 22.2 Å². The Morgan fingerprint density at radius 1 is 1.25 bits per heavy atom. The highest BCUT2D eigenvalue weighted by molar-refractivity contribution is 8.18. The quantitative estimate of drug-likeness (QED) is 0.458. The molecular weight excluding hydrogens is 352 g/mol. The number of carbonyl (C=O) groups excluding carboxylic acids is 1. The number of nitriles is 1. The number of nitrogens with zero attached hydrogens (tertiary/aromatic N) is 2. The summed E-state index contributed by atoms with van der Waals surface area (Å²) in [6, 6.07) is 8.62. The molecule has 0 N–H and O–H groups in total. The zero-order valence-corrected chi connectivity index (χ0v) is 14.3. The fraction of sp³-hybridized carbons (Fsp3) is 0.133.